The van der Waals surface area contributed by atoms with Gasteiger partial charge in [0.25, 0.3) is 11.6 Å². The van der Waals surface area contributed by atoms with Crippen molar-refractivity contribution in [1.82, 2.24) is 5.32 Å². The van der Waals surface area contributed by atoms with Gasteiger partial charge in [0.15, 0.2) is 0 Å². The monoisotopic (exact) mass is 290 g/mol. The Balaban J connectivity index is 2.65. The van der Waals surface area contributed by atoms with E-state index in [9.17, 15) is 14.9 Å². The number of aliphatic hydroxyl groups excluding tert-OH is 1. The Morgan fingerprint density at radius 2 is 2.10 bits per heavy atom. The minimum atomic E-state index is -0.622. The lowest BCUT2D eigenvalue weighted by Crippen LogP contribution is -2.17. The van der Waals surface area contributed by atoms with Crippen LogP contribution in [0.4, 0.5) is 11.4 Å². The normalized spacial score (nSPS) is 10.6. The van der Waals surface area contributed by atoms with Crippen molar-refractivity contribution >= 4 is 17.3 Å². The molecule has 1 aromatic carbocycles. The van der Waals surface area contributed by atoms with Gasteiger partial charge in [0.05, 0.1) is 4.92 Å². The van der Waals surface area contributed by atoms with Crippen LogP contribution in [0.15, 0.2) is 36.0 Å². The summed E-state index contributed by atoms with van der Waals surface area (Å²) in [5.74, 6) is -0.622. The quantitative estimate of drug-likeness (QED) is 0.225. The zero-order valence-electron chi connectivity index (χ0n) is 11.1. The number of nitrogens with one attached hydrogen (secondary N) is 2. The van der Waals surface area contributed by atoms with Crippen LogP contribution in [0.5, 0.6) is 0 Å². The van der Waals surface area contributed by atoms with E-state index < -0.39 is 10.8 Å². The standard InChI is InChI=1S/C13H14N4O4/c14-8-10(9-15-6-1-7-18)13(19)16-11-2-4-12(5-3-11)17(20)21/h2-5,9,15,18H,1,6-7H2,(H,16,19)/b10-9-. The number of aliphatic hydroxyl groups is 1. The van der Waals surface area contributed by atoms with Crippen molar-refractivity contribution in [3.8, 4) is 6.07 Å². The Kier molecular flexibility index (Phi) is 6.37. The molecule has 3 N–H and O–H groups in total. The molecule has 1 amide bonds. The second kappa shape index (κ2) is 8.29. The first kappa shape index (κ1) is 16.1. The molecule has 0 aliphatic carbocycles. The molecule has 0 atom stereocenters. The molecule has 0 heterocycles. The van der Waals surface area contributed by atoms with Gasteiger partial charge in [-0.2, -0.15) is 5.26 Å². The van der Waals surface area contributed by atoms with E-state index >= 15 is 0 Å². The number of amides is 1. The number of non-ortho nitro benzene ring substituents is 1. The van der Waals surface area contributed by atoms with Crippen molar-refractivity contribution in [2.45, 2.75) is 6.42 Å². The molecule has 1 rings (SSSR count). The number of carbonyl (C=O) groups is 1. The van der Waals surface area contributed by atoms with Crippen LogP contribution in [0.3, 0.4) is 0 Å². The summed E-state index contributed by atoms with van der Waals surface area (Å²) in [4.78, 5) is 21.8. The summed E-state index contributed by atoms with van der Waals surface area (Å²) in [5, 5.41) is 33.2. The number of nitrogens with zero attached hydrogens (tertiary/aromatic N) is 2. The number of nitro benzene ring substituents is 1. The average Bonchev–Trinajstić information content (AvgIpc) is 2.47. The smallest absolute Gasteiger partial charge is 0.269 e. The molecule has 0 aliphatic rings. The Morgan fingerprint density at radius 3 is 2.62 bits per heavy atom. The zero-order chi connectivity index (χ0) is 15.7. The molecule has 0 aromatic heterocycles. The molecular formula is C13H14N4O4. The lowest BCUT2D eigenvalue weighted by Gasteiger charge is -2.04. The van der Waals surface area contributed by atoms with E-state index in [-0.39, 0.29) is 17.9 Å². The largest absolute Gasteiger partial charge is 0.396 e. The van der Waals surface area contributed by atoms with E-state index in [2.05, 4.69) is 10.6 Å². The Labute approximate surface area is 120 Å². The molecule has 0 saturated heterocycles. The maximum atomic E-state index is 11.8. The molecule has 0 fully saturated rings. The van der Waals surface area contributed by atoms with Crippen LogP contribution in [-0.2, 0) is 4.79 Å². The van der Waals surface area contributed by atoms with Gasteiger partial charge in [-0.3, -0.25) is 14.9 Å². The van der Waals surface area contributed by atoms with Gasteiger partial charge in [0, 0.05) is 37.2 Å². The molecule has 8 heteroatoms. The number of nitriles is 1. The predicted octanol–water partition coefficient (Wildman–Crippen LogP) is 0.913. The molecule has 110 valence electrons. The summed E-state index contributed by atoms with van der Waals surface area (Å²) in [6.07, 6.45) is 1.76. The first-order chi connectivity index (χ1) is 10.1. The number of carbonyl (C=O) groups excluding carboxylic acids is 1. The van der Waals surface area contributed by atoms with Crippen molar-refractivity contribution in [1.29, 1.82) is 5.26 Å². The van der Waals surface area contributed by atoms with E-state index in [1.54, 1.807) is 6.07 Å². The van der Waals surface area contributed by atoms with Gasteiger partial charge in [-0.15, -0.1) is 0 Å². The lowest BCUT2D eigenvalue weighted by atomic mass is 10.2. The molecule has 21 heavy (non-hydrogen) atoms. The maximum Gasteiger partial charge on any atom is 0.269 e. The number of anilines is 1. The van der Waals surface area contributed by atoms with Crippen LogP contribution >= 0.6 is 0 Å². The molecule has 0 aliphatic heterocycles. The summed E-state index contributed by atoms with van der Waals surface area (Å²) in [6, 6.07) is 7.01. The van der Waals surface area contributed by atoms with Gasteiger partial charge < -0.3 is 15.7 Å². The molecule has 8 nitrogen and oxygen atoms in total. The molecular weight excluding hydrogens is 276 g/mol. The molecule has 0 spiro atoms. The summed E-state index contributed by atoms with van der Waals surface area (Å²) in [7, 11) is 0. The van der Waals surface area contributed by atoms with Crippen LogP contribution < -0.4 is 10.6 Å². The van der Waals surface area contributed by atoms with Crippen LogP contribution in [-0.4, -0.2) is 29.1 Å². The second-order valence-electron chi connectivity index (χ2n) is 3.96. The number of benzene rings is 1. The third-order valence-electron chi connectivity index (χ3n) is 2.43. The highest BCUT2D eigenvalue weighted by Gasteiger charge is 2.10. The third-order valence-corrected chi connectivity index (χ3v) is 2.43. The third kappa shape index (κ3) is 5.30. The Morgan fingerprint density at radius 1 is 1.43 bits per heavy atom. The van der Waals surface area contributed by atoms with Crippen molar-refractivity contribution in [3.63, 3.8) is 0 Å². The maximum absolute atomic E-state index is 11.8. The van der Waals surface area contributed by atoms with E-state index in [1.165, 1.54) is 30.5 Å². The van der Waals surface area contributed by atoms with Crippen molar-refractivity contribution in [3.05, 3.63) is 46.2 Å². The fourth-order valence-electron chi connectivity index (χ4n) is 1.37. The van der Waals surface area contributed by atoms with Crippen LogP contribution in [0.2, 0.25) is 0 Å². The van der Waals surface area contributed by atoms with Gasteiger partial charge in [-0.25, -0.2) is 0 Å². The molecule has 0 unspecified atom stereocenters. The van der Waals surface area contributed by atoms with E-state index in [0.29, 0.717) is 18.7 Å². The van der Waals surface area contributed by atoms with Gasteiger partial charge in [-0.1, -0.05) is 0 Å². The molecule has 1 aromatic rings. The Bertz CT molecular complexity index is 575. The molecule has 0 radical (unpaired) electrons. The number of hydrogen-bond acceptors (Lipinski definition) is 6. The number of rotatable bonds is 7. The van der Waals surface area contributed by atoms with Crippen LogP contribution in [0.1, 0.15) is 6.42 Å². The minimum Gasteiger partial charge on any atom is -0.396 e. The highest BCUT2D eigenvalue weighted by Crippen LogP contribution is 2.15. The molecule has 0 saturated carbocycles. The number of nitro groups is 1. The summed E-state index contributed by atoms with van der Waals surface area (Å²) >= 11 is 0. The van der Waals surface area contributed by atoms with Gasteiger partial charge >= 0.3 is 0 Å². The fraction of sp³-hybridized carbons (Fsp3) is 0.231. The van der Waals surface area contributed by atoms with E-state index in [0.717, 1.165) is 0 Å². The van der Waals surface area contributed by atoms with Crippen molar-refractivity contribution < 1.29 is 14.8 Å². The Hall–Kier alpha value is -2.92. The SMILES string of the molecule is N#C/C(=C/NCCCO)C(=O)Nc1ccc([N+](=O)[O-])cc1. The van der Waals surface area contributed by atoms with E-state index in [1.807, 2.05) is 0 Å². The number of hydrogen-bond donors (Lipinski definition) is 3. The van der Waals surface area contributed by atoms with Crippen LogP contribution in [0.25, 0.3) is 0 Å². The first-order valence-electron chi connectivity index (χ1n) is 6.08. The topological polar surface area (TPSA) is 128 Å². The lowest BCUT2D eigenvalue weighted by molar-refractivity contribution is -0.384. The van der Waals surface area contributed by atoms with Crippen LogP contribution in [0, 0.1) is 21.4 Å². The van der Waals surface area contributed by atoms with Gasteiger partial charge in [0.1, 0.15) is 11.6 Å². The van der Waals surface area contributed by atoms with Crippen molar-refractivity contribution in [2.24, 2.45) is 0 Å². The molecule has 0 bridgehead atoms. The second-order valence-corrected chi connectivity index (χ2v) is 3.96. The first-order valence-corrected chi connectivity index (χ1v) is 6.08. The van der Waals surface area contributed by atoms with Gasteiger partial charge in [0.2, 0.25) is 0 Å². The minimum absolute atomic E-state index is 0.0116. The van der Waals surface area contributed by atoms with E-state index in [4.69, 9.17) is 10.4 Å². The highest BCUT2D eigenvalue weighted by atomic mass is 16.6. The highest BCUT2D eigenvalue weighted by molar-refractivity contribution is 6.06. The summed E-state index contributed by atoms with van der Waals surface area (Å²) < 4.78 is 0. The fourth-order valence-corrected chi connectivity index (χ4v) is 1.37. The summed E-state index contributed by atoms with van der Waals surface area (Å²) in [5.41, 5.74) is 0.128. The van der Waals surface area contributed by atoms with Crippen molar-refractivity contribution in [2.75, 3.05) is 18.5 Å². The zero-order valence-corrected chi connectivity index (χ0v) is 11.1. The predicted molar refractivity (Wildman–Crippen MR) is 75.1 cm³/mol. The summed E-state index contributed by atoms with van der Waals surface area (Å²) in [6.45, 7) is 0.449. The average molecular weight is 290 g/mol. The van der Waals surface area contributed by atoms with Gasteiger partial charge in [-0.05, 0) is 18.6 Å².